The predicted molar refractivity (Wildman–Crippen MR) is 78.0 cm³/mol. The molecule has 0 bridgehead atoms. The standard InChI is InChI=1S/C16H23FN2O/c1-3-19(15-8-9-15)16(20)11-18-12(2)10-13-4-6-14(17)7-5-13/h4-7,12,15,18H,3,8-11H2,1-2H3. The van der Waals surface area contributed by atoms with Crippen molar-refractivity contribution in [2.45, 2.75) is 45.2 Å². The van der Waals surface area contributed by atoms with Gasteiger partial charge in [-0.1, -0.05) is 12.1 Å². The van der Waals surface area contributed by atoms with Crippen LogP contribution in [0, 0.1) is 5.82 Å². The molecular weight excluding hydrogens is 255 g/mol. The zero-order chi connectivity index (χ0) is 14.5. The number of nitrogens with one attached hydrogen (secondary N) is 1. The highest BCUT2D eigenvalue weighted by Gasteiger charge is 2.30. The molecule has 0 aromatic heterocycles. The fourth-order valence-corrected chi connectivity index (χ4v) is 2.43. The normalized spacial score (nSPS) is 15.9. The summed E-state index contributed by atoms with van der Waals surface area (Å²) in [7, 11) is 0. The third-order valence-corrected chi connectivity index (χ3v) is 3.71. The molecule has 2 rings (SSSR count). The van der Waals surface area contributed by atoms with Crippen LogP contribution in [-0.2, 0) is 11.2 Å². The molecule has 1 atom stereocenters. The molecule has 1 aromatic carbocycles. The smallest absolute Gasteiger partial charge is 0.236 e. The van der Waals surface area contributed by atoms with Gasteiger partial charge in [0.15, 0.2) is 0 Å². The topological polar surface area (TPSA) is 32.3 Å². The highest BCUT2D eigenvalue weighted by Crippen LogP contribution is 2.26. The van der Waals surface area contributed by atoms with E-state index in [1.54, 1.807) is 12.1 Å². The molecule has 4 heteroatoms. The van der Waals surface area contributed by atoms with Gasteiger partial charge in [-0.05, 0) is 50.8 Å². The van der Waals surface area contributed by atoms with Crippen LogP contribution in [0.25, 0.3) is 0 Å². The number of carbonyl (C=O) groups excluding carboxylic acids is 1. The molecule has 3 nitrogen and oxygen atoms in total. The number of hydrogen-bond donors (Lipinski definition) is 1. The van der Waals surface area contributed by atoms with E-state index in [2.05, 4.69) is 5.32 Å². The Hall–Kier alpha value is -1.42. The second-order valence-corrected chi connectivity index (χ2v) is 5.52. The lowest BCUT2D eigenvalue weighted by Gasteiger charge is -2.22. The van der Waals surface area contributed by atoms with Gasteiger partial charge < -0.3 is 10.2 Å². The third-order valence-electron chi connectivity index (χ3n) is 3.71. The molecule has 1 saturated carbocycles. The highest BCUT2D eigenvalue weighted by atomic mass is 19.1. The minimum Gasteiger partial charge on any atom is -0.339 e. The molecule has 0 heterocycles. The van der Waals surface area contributed by atoms with Crippen molar-refractivity contribution in [3.8, 4) is 0 Å². The van der Waals surface area contributed by atoms with Crippen molar-refractivity contribution < 1.29 is 9.18 Å². The Morgan fingerprint density at radius 3 is 2.60 bits per heavy atom. The number of nitrogens with zero attached hydrogens (tertiary/aromatic N) is 1. The predicted octanol–water partition coefficient (Wildman–Crippen LogP) is 2.36. The van der Waals surface area contributed by atoms with E-state index < -0.39 is 0 Å². The van der Waals surface area contributed by atoms with Gasteiger partial charge in [-0.2, -0.15) is 0 Å². The molecule has 0 radical (unpaired) electrons. The van der Waals surface area contributed by atoms with Crippen molar-refractivity contribution in [2.24, 2.45) is 0 Å². The Labute approximate surface area is 120 Å². The van der Waals surface area contributed by atoms with Crippen molar-refractivity contribution in [2.75, 3.05) is 13.1 Å². The molecule has 1 aromatic rings. The fourth-order valence-electron chi connectivity index (χ4n) is 2.43. The Morgan fingerprint density at radius 1 is 1.40 bits per heavy atom. The molecule has 1 N–H and O–H groups in total. The molecule has 110 valence electrons. The van der Waals surface area contributed by atoms with Crippen molar-refractivity contribution in [3.05, 3.63) is 35.6 Å². The summed E-state index contributed by atoms with van der Waals surface area (Å²) < 4.78 is 12.8. The van der Waals surface area contributed by atoms with Crippen LogP contribution < -0.4 is 5.32 Å². The van der Waals surface area contributed by atoms with E-state index in [1.165, 1.54) is 12.1 Å². The molecule has 1 unspecified atom stereocenters. The maximum absolute atomic E-state index is 12.8. The van der Waals surface area contributed by atoms with Gasteiger partial charge in [-0.25, -0.2) is 4.39 Å². The Balaban J connectivity index is 1.75. The molecule has 1 aliphatic rings. The summed E-state index contributed by atoms with van der Waals surface area (Å²) >= 11 is 0. The summed E-state index contributed by atoms with van der Waals surface area (Å²) in [6, 6.07) is 7.19. The van der Waals surface area contributed by atoms with Crippen LogP contribution in [0.4, 0.5) is 4.39 Å². The van der Waals surface area contributed by atoms with Crippen LogP contribution >= 0.6 is 0 Å². The first-order chi connectivity index (χ1) is 9.60. The summed E-state index contributed by atoms with van der Waals surface area (Å²) in [5, 5.41) is 3.26. The van der Waals surface area contributed by atoms with E-state index in [0.717, 1.165) is 31.4 Å². The fraction of sp³-hybridized carbons (Fsp3) is 0.562. The van der Waals surface area contributed by atoms with Crippen LogP contribution in [0.1, 0.15) is 32.3 Å². The maximum atomic E-state index is 12.8. The summed E-state index contributed by atoms with van der Waals surface area (Å²) in [6.45, 7) is 5.24. The van der Waals surface area contributed by atoms with Gasteiger partial charge in [-0.15, -0.1) is 0 Å². The van der Waals surface area contributed by atoms with E-state index >= 15 is 0 Å². The Morgan fingerprint density at radius 2 is 2.05 bits per heavy atom. The van der Waals surface area contributed by atoms with Gasteiger partial charge in [0, 0.05) is 18.6 Å². The zero-order valence-electron chi connectivity index (χ0n) is 12.2. The van der Waals surface area contributed by atoms with E-state index in [4.69, 9.17) is 0 Å². The van der Waals surface area contributed by atoms with Crippen molar-refractivity contribution in [1.29, 1.82) is 0 Å². The summed E-state index contributed by atoms with van der Waals surface area (Å²) in [5.74, 6) is -0.0338. The third kappa shape index (κ3) is 4.30. The van der Waals surface area contributed by atoms with Crippen LogP contribution in [0.2, 0.25) is 0 Å². The maximum Gasteiger partial charge on any atom is 0.236 e. The minimum atomic E-state index is -0.215. The summed E-state index contributed by atoms with van der Waals surface area (Å²) in [6.07, 6.45) is 3.08. The molecule has 1 amide bonds. The quantitative estimate of drug-likeness (QED) is 0.830. The Kier molecular flexibility index (Phi) is 5.12. The van der Waals surface area contributed by atoms with E-state index in [0.29, 0.717) is 12.6 Å². The minimum absolute atomic E-state index is 0.181. The Bertz CT molecular complexity index is 442. The van der Waals surface area contributed by atoms with Gasteiger partial charge in [0.2, 0.25) is 5.91 Å². The summed E-state index contributed by atoms with van der Waals surface area (Å²) in [5.41, 5.74) is 1.08. The lowest BCUT2D eigenvalue weighted by Crippen LogP contribution is -2.42. The van der Waals surface area contributed by atoms with Gasteiger partial charge in [0.05, 0.1) is 6.54 Å². The number of carbonyl (C=O) groups is 1. The van der Waals surface area contributed by atoms with Crippen LogP contribution in [0.3, 0.4) is 0 Å². The first-order valence-electron chi connectivity index (χ1n) is 7.37. The SMILES string of the molecule is CCN(C(=O)CNC(C)Cc1ccc(F)cc1)C1CC1. The second kappa shape index (κ2) is 6.84. The van der Waals surface area contributed by atoms with E-state index in [9.17, 15) is 9.18 Å². The van der Waals surface area contributed by atoms with Crippen molar-refractivity contribution in [3.63, 3.8) is 0 Å². The zero-order valence-corrected chi connectivity index (χ0v) is 12.2. The van der Waals surface area contributed by atoms with Gasteiger partial charge >= 0.3 is 0 Å². The first-order valence-corrected chi connectivity index (χ1v) is 7.37. The number of benzene rings is 1. The molecular formula is C16H23FN2O. The number of halogens is 1. The van der Waals surface area contributed by atoms with Gasteiger partial charge in [0.1, 0.15) is 5.82 Å². The average Bonchev–Trinajstić information content (AvgIpc) is 3.25. The molecule has 1 fully saturated rings. The monoisotopic (exact) mass is 278 g/mol. The lowest BCUT2D eigenvalue weighted by molar-refractivity contribution is -0.130. The molecule has 0 saturated heterocycles. The number of likely N-dealkylation sites (N-methyl/N-ethyl adjacent to an activating group) is 1. The van der Waals surface area contributed by atoms with Crippen LogP contribution in [0.15, 0.2) is 24.3 Å². The number of hydrogen-bond acceptors (Lipinski definition) is 2. The van der Waals surface area contributed by atoms with Crippen LogP contribution in [-0.4, -0.2) is 36.0 Å². The largest absolute Gasteiger partial charge is 0.339 e. The van der Waals surface area contributed by atoms with Crippen LogP contribution in [0.5, 0.6) is 0 Å². The number of rotatable bonds is 7. The second-order valence-electron chi connectivity index (χ2n) is 5.52. The lowest BCUT2D eigenvalue weighted by atomic mass is 10.1. The van der Waals surface area contributed by atoms with Crippen molar-refractivity contribution >= 4 is 5.91 Å². The average molecular weight is 278 g/mol. The molecule has 1 aliphatic carbocycles. The van der Waals surface area contributed by atoms with Gasteiger partial charge in [0.25, 0.3) is 0 Å². The molecule has 0 aliphatic heterocycles. The van der Waals surface area contributed by atoms with E-state index in [1.807, 2.05) is 18.7 Å². The number of amides is 1. The van der Waals surface area contributed by atoms with Gasteiger partial charge in [-0.3, -0.25) is 4.79 Å². The summed E-state index contributed by atoms with van der Waals surface area (Å²) in [4.78, 5) is 14.0. The molecule has 0 spiro atoms. The highest BCUT2D eigenvalue weighted by molar-refractivity contribution is 5.78. The first kappa shape index (κ1) is 15.0. The van der Waals surface area contributed by atoms with E-state index in [-0.39, 0.29) is 17.8 Å². The van der Waals surface area contributed by atoms with Crippen molar-refractivity contribution in [1.82, 2.24) is 10.2 Å². The molecule has 20 heavy (non-hydrogen) atoms.